The average Bonchev–Trinajstić information content (AvgIpc) is 2.42. The van der Waals surface area contributed by atoms with Crippen LogP contribution in [0.4, 0.5) is 0 Å². The van der Waals surface area contributed by atoms with E-state index in [0.29, 0.717) is 6.04 Å². The van der Waals surface area contributed by atoms with Gasteiger partial charge in [0.2, 0.25) is 5.91 Å². The van der Waals surface area contributed by atoms with Crippen LogP contribution in [0.5, 0.6) is 0 Å². The van der Waals surface area contributed by atoms with Gasteiger partial charge < -0.3 is 15.5 Å². The maximum atomic E-state index is 12.4. The molecule has 0 aromatic rings. The Balaban J connectivity index is 0.00000200. The van der Waals surface area contributed by atoms with Crippen molar-refractivity contribution in [3.63, 3.8) is 0 Å². The van der Waals surface area contributed by atoms with Gasteiger partial charge >= 0.3 is 0 Å². The molecule has 21 heavy (non-hydrogen) atoms. The summed E-state index contributed by atoms with van der Waals surface area (Å²) in [5.41, 5.74) is -0.335. The largest absolute Gasteiger partial charge is 0.352 e. The molecule has 2 heterocycles. The number of likely N-dealkylation sites (tertiary alicyclic amines) is 1. The van der Waals surface area contributed by atoms with Crippen molar-refractivity contribution in [3.8, 4) is 0 Å². The van der Waals surface area contributed by atoms with E-state index in [0.717, 1.165) is 45.3 Å². The molecule has 0 aliphatic carbocycles. The minimum Gasteiger partial charge on any atom is -0.352 e. The molecule has 0 spiro atoms. The lowest BCUT2D eigenvalue weighted by molar-refractivity contribution is -0.129. The van der Waals surface area contributed by atoms with Gasteiger partial charge in [0.05, 0.1) is 5.54 Å². The third-order valence-electron chi connectivity index (χ3n) is 4.58. The van der Waals surface area contributed by atoms with Crippen LogP contribution in [-0.4, -0.2) is 48.6 Å². The van der Waals surface area contributed by atoms with Crippen molar-refractivity contribution in [3.05, 3.63) is 0 Å². The Morgan fingerprint density at radius 3 is 2.48 bits per heavy atom. The molecule has 2 aliphatic heterocycles. The molecule has 2 N–H and O–H groups in total. The molecule has 6 heteroatoms. The smallest absolute Gasteiger partial charge is 0.240 e. The van der Waals surface area contributed by atoms with Gasteiger partial charge in [-0.05, 0) is 58.5 Å². The fraction of sp³-hybridized carbons (Fsp3) is 0.933. The van der Waals surface area contributed by atoms with Crippen LogP contribution in [0.2, 0.25) is 0 Å². The van der Waals surface area contributed by atoms with Crippen LogP contribution in [0, 0.1) is 0 Å². The first-order valence-corrected chi connectivity index (χ1v) is 7.92. The second-order valence-corrected chi connectivity index (χ2v) is 6.31. The first kappa shape index (κ1) is 21.0. The fourth-order valence-electron chi connectivity index (χ4n) is 3.21. The van der Waals surface area contributed by atoms with E-state index in [9.17, 15) is 4.79 Å². The van der Waals surface area contributed by atoms with Gasteiger partial charge in [-0.15, -0.1) is 24.8 Å². The second-order valence-electron chi connectivity index (χ2n) is 6.31. The maximum Gasteiger partial charge on any atom is 0.240 e. The van der Waals surface area contributed by atoms with Crippen LogP contribution in [-0.2, 0) is 4.79 Å². The van der Waals surface area contributed by atoms with Crippen molar-refractivity contribution in [1.29, 1.82) is 0 Å². The summed E-state index contributed by atoms with van der Waals surface area (Å²) in [7, 11) is 0. The molecule has 2 fully saturated rings. The zero-order chi connectivity index (χ0) is 13.7. The van der Waals surface area contributed by atoms with Gasteiger partial charge in [0.25, 0.3) is 0 Å². The van der Waals surface area contributed by atoms with E-state index in [1.54, 1.807) is 0 Å². The van der Waals surface area contributed by atoms with Crippen molar-refractivity contribution in [1.82, 2.24) is 15.5 Å². The minimum absolute atomic E-state index is 0. The lowest BCUT2D eigenvalue weighted by atomic mass is 9.89. The highest BCUT2D eigenvalue weighted by molar-refractivity contribution is 5.86. The number of carbonyl (C=O) groups excluding carboxylic acids is 1. The summed E-state index contributed by atoms with van der Waals surface area (Å²) >= 11 is 0. The van der Waals surface area contributed by atoms with Gasteiger partial charge in [-0.2, -0.15) is 0 Å². The molecule has 0 saturated carbocycles. The van der Waals surface area contributed by atoms with E-state index >= 15 is 0 Å². The SMILES string of the molecule is CCCN1CCC(NC(=O)C2(C)CCCCN2)CC1.Cl.Cl. The van der Waals surface area contributed by atoms with Crippen LogP contribution in [0.3, 0.4) is 0 Å². The third kappa shape index (κ3) is 5.93. The summed E-state index contributed by atoms with van der Waals surface area (Å²) in [6.07, 6.45) is 6.74. The molecule has 1 amide bonds. The molecule has 2 saturated heterocycles. The molecule has 0 aromatic heterocycles. The third-order valence-corrected chi connectivity index (χ3v) is 4.58. The van der Waals surface area contributed by atoms with Gasteiger partial charge in [-0.1, -0.05) is 6.92 Å². The number of rotatable bonds is 4. The molecular weight excluding hydrogens is 309 g/mol. The Bertz CT molecular complexity index is 301. The quantitative estimate of drug-likeness (QED) is 0.826. The highest BCUT2D eigenvalue weighted by Crippen LogP contribution is 2.20. The topological polar surface area (TPSA) is 44.4 Å². The second kappa shape index (κ2) is 9.88. The zero-order valence-corrected chi connectivity index (χ0v) is 15.0. The van der Waals surface area contributed by atoms with Crippen LogP contribution in [0.15, 0.2) is 0 Å². The summed E-state index contributed by atoms with van der Waals surface area (Å²) in [6, 6.07) is 0.376. The average molecular weight is 340 g/mol. The van der Waals surface area contributed by atoms with Crippen LogP contribution >= 0.6 is 24.8 Å². The van der Waals surface area contributed by atoms with E-state index in [2.05, 4.69) is 22.5 Å². The van der Waals surface area contributed by atoms with E-state index < -0.39 is 0 Å². The summed E-state index contributed by atoms with van der Waals surface area (Å²) in [5, 5.41) is 6.66. The van der Waals surface area contributed by atoms with Crippen molar-refractivity contribution in [2.45, 2.75) is 64.0 Å². The van der Waals surface area contributed by atoms with Gasteiger partial charge in [-0.25, -0.2) is 0 Å². The molecular formula is C15H31Cl2N3O. The number of amides is 1. The minimum atomic E-state index is -0.335. The van der Waals surface area contributed by atoms with E-state index in [1.807, 2.05) is 6.92 Å². The highest BCUT2D eigenvalue weighted by Gasteiger charge is 2.35. The number of piperidine rings is 2. The first-order chi connectivity index (χ1) is 9.14. The Hall–Kier alpha value is -0.0300. The molecule has 1 unspecified atom stereocenters. The molecule has 2 aliphatic rings. The van der Waals surface area contributed by atoms with E-state index in [-0.39, 0.29) is 36.3 Å². The van der Waals surface area contributed by atoms with Crippen LogP contribution in [0.1, 0.15) is 52.4 Å². The lowest BCUT2D eigenvalue weighted by Gasteiger charge is -2.37. The normalized spacial score (nSPS) is 27.3. The van der Waals surface area contributed by atoms with E-state index in [1.165, 1.54) is 19.4 Å². The van der Waals surface area contributed by atoms with Crippen LogP contribution in [0.25, 0.3) is 0 Å². The number of nitrogens with one attached hydrogen (secondary N) is 2. The van der Waals surface area contributed by atoms with Crippen molar-refractivity contribution in [2.24, 2.45) is 0 Å². The molecule has 4 nitrogen and oxygen atoms in total. The number of nitrogens with zero attached hydrogens (tertiary/aromatic N) is 1. The Morgan fingerprint density at radius 2 is 1.95 bits per heavy atom. The molecule has 0 aromatic carbocycles. The molecule has 1 atom stereocenters. The van der Waals surface area contributed by atoms with Gasteiger partial charge in [0.1, 0.15) is 0 Å². The lowest BCUT2D eigenvalue weighted by Crippen LogP contribution is -2.59. The monoisotopic (exact) mass is 339 g/mol. The molecule has 0 bridgehead atoms. The number of hydrogen-bond donors (Lipinski definition) is 2. The van der Waals surface area contributed by atoms with E-state index in [4.69, 9.17) is 0 Å². The number of hydrogen-bond acceptors (Lipinski definition) is 3. The van der Waals surface area contributed by atoms with Crippen molar-refractivity contribution < 1.29 is 4.79 Å². The summed E-state index contributed by atoms with van der Waals surface area (Å²) in [5.74, 6) is 0.209. The summed E-state index contributed by atoms with van der Waals surface area (Å²) < 4.78 is 0. The standard InChI is InChI=1S/C15H29N3O.2ClH/c1-3-10-18-11-6-13(7-12-18)17-14(19)15(2)8-4-5-9-16-15;;/h13,16H,3-12H2,1-2H3,(H,17,19);2*1H. The highest BCUT2D eigenvalue weighted by atomic mass is 35.5. The summed E-state index contributed by atoms with van der Waals surface area (Å²) in [6.45, 7) is 8.70. The molecule has 126 valence electrons. The van der Waals surface area contributed by atoms with Crippen molar-refractivity contribution >= 4 is 30.7 Å². The first-order valence-electron chi connectivity index (χ1n) is 7.92. The van der Waals surface area contributed by atoms with Crippen molar-refractivity contribution in [2.75, 3.05) is 26.2 Å². The number of carbonyl (C=O) groups is 1. The predicted octanol–water partition coefficient (Wildman–Crippen LogP) is 2.35. The Kier molecular flexibility index (Phi) is 9.87. The molecule has 0 radical (unpaired) electrons. The summed E-state index contributed by atoms with van der Waals surface area (Å²) in [4.78, 5) is 14.9. The predicted molar refractivity (Wildman–Crippen MR) is 92.7 cm³/mol. The zero-order valence-electron chi connectivity index (χ0n) is 13.3. The maximum absolute atomic E-state index is 12.4. The van der Waals surface area contributed by atoms with Crippen LogP contribution < -0.4 is 10.6 Å². The fourth-order valence-corrected chi connectivity index (χ4v) is 3.21. The van der Waals surface area contributed by atoms with Gasteiger partial charge in [-0.3, -0.25) is 4.79 Å². The molecule has 2 rings (SSSR count). The Labute approximate surface area is 141 Å². The number of halogens is 2. The van der Waals surface area contributed by atoms with Gasteiger partial charge in [0, 0.05) is 19.1 Å². The Morgan fingerprint density at radius 1 is 1.29 bits per heavy atom. The van der Waals surface area contributed by atoms with Gasteiger partial charge in [0.15, 0.2) is 0 Å².